The second-order valence-corrected chi connectivity index (χ2v) is 15.4. The summed E-state index contributed by atoms with van der Waals surface area (Å²) < 4.78 is 20.2. The monoisotopic (exact) mass is 870 g/mol. The lowest BCUT2D eigenvalue weighted by Gasteiger charge is -2.40. The normalized spacial score (nSPS) is 37.9. The molecule has 0 amide bonds. The summed E-state index contributed by atoms with van der Waals surface area (Å²) in [7, 11) is 1.38. The van der Waals surface area contributed by atoms with E-state index in [0.29, 0.717) is 11.8 Å². The van der Waals surface area contributed by atoms with Crippen molar-refractivity contribution in [1.82, 2.24) is 0 Å². The number of aldehydes is 1. The van der Waals surface area contributed by atoms with Crippen LogP contribution in [0.4, 0.5) is 0 Å². The van der Waals surface area contributed by atoms with Crippen molar-refractivity contribution in [2.24, 2.45) is 29.6 Å². The first-order chi connectivity index (χ1) is 27.6. The lowest BCUT2D eigenvalue weighted by Crippen LogP contribution is -2.55. The van der Waals surface area contributed by atoms with Crippen molar-refractivity contribution in [2.45, 2.75) is 151 Å². The van der Waals surface area contributed by atoms with Gasteiger partial charge in [0, 0.05) is 18.9 Å². The summed E-state index contributed by atoms with van der Waals surface area (Å²) in [5, 5.41) is 153. The first-order valence-electron chi connectivity index (χ1n) is 19.7. The molecule has 0 aromatic carbocycles. The Morgan fingerprint density at radius 3 is 1.46 bits per heavy atom. The van der Waals surface area contributed by atoms with Crippen molar-refractivity contribution >= 4 is 6.29 Å². The minimum absolute atomic E-state index is 0.190. The highest BCUT2D eigenvalue weighted by atomic mass is 16.7. The summed E-state index contributed by atoms with van der Waals surface area (Å²) in [6, 6.07) is 0. The molecule has 17 N–H and O–H groups in total. The molecule has 22 nitrogen and oxygen atoms in total. The topological polar surface area (TPSA) is 398 Å². The van der Waals surface area contributed by atoms with Gasteiger partial charge in [-0.3, -0.25) is 0 Å². The Morgan fingerprint density at radius 1 is 0.644 bits per heavy atom. The Kier molecular flexibility index (Phi) is 28.7. The average Bonchev–Trinajstić information content (AvgIpc) is 3.82. The third kappa shape index (κ3) is 17.5. The minimum Gasteiger partial charge on any atom is -0.394 e. The van der Waals surface area contributed by atoms with Gasteiger partial charge >= 0.3 is 0 Å². The number of fused-ring (bicyclic) bond motifs is 1. The van der Waals surface area contributed by atoms with Crippen LogP contribution in [0.25, 0.3) is 0 Å². The molecule has 4 rings (SSSR count). The highest BCUT2D eigenvalue weighted by Crippen LogP contribution is 2.36. The van der Waals surface area contributed by atoms with Gasteiger partial charge in [0.25, 0.3) is 0 Å². The molecule has 18 unspecified atom stereocenters. The number of carbonyl (C=O) groups is 1. The van der Waals surface area contributed by atoms with E-state index in [4.69, 9.17) is 85.3 Å². The van der Waals surface area contributed by atoms with Gasteiger partial charge in [-0.2, -0.15) is 0 Å². The number of hydrogen-bond acceptors (Lipinski definition) is 22. The zero-order valence-corrected chi connectivity index (χ0v) is 34.6. The van der Waals surface area contributed by atoms with E-state index in [2.05, 4.69) is 13.8 Å². The molecule has 0 radical (unpaired) electrons. The van der Waals surface area contributed by atoms with Crippen LogP contribution < -0.4 is 0 Å². The fraction of sp³-hybridized carbons (Fsp3) is 0.973. The highest BCUT2D eigenvalue weighted by molar-refractivity contribution is 5.56. The van der Waals surface area contributed by atoms with Crippen molar-refractivity contribution in [3.05, 3.63) is 0 Å². The van der Waals surface area contributed by atoms with Crippen LogP contribution in [0.3, 0.4) is 0 Å². The first-order valence-corrected chi connectivity index (χ1v) is 19.7. The molecule has 1 saturated carbocycles. The zero-order chi connectivity index (χ0) is 45.9. The lowest BCUT2D eigenvalue weighted by molar-refractivity contribution is -0.280. The molecule has 3 saturated heterocycles. The van der Waals surface area contributed by atoms with Crippen LogP contribution >= 0.6 is 0 Å². The fourth-order valence-electron chi connectivity index (χ4n) is 6.68. The molecule has 354 valence electrons. The molecule has 1 aliphatic carbocycles. The molecule has 0 aromatic rings. The van der Waals surface area contributed by atoms with Gasteiger partial charge in [0.05, 0.1) is 70.2 Å². The SMILES string of the molecule is CC(C(O)C=O)C(O)C(O)CO.CCC1CC(O)C(O)C(C)C1C.COC1OC(CO)C(C)C(O)C1O.OCC(O)C(O)C(O)C(O)CO.O[C@@H]1CO[C@H]2[C@@H]1OC[C@H]2O. The third-order valence-corrected chi connectivity index (χ3v) is 11.4. The molecule has 4 aliphatic rings. The van der Waals surface area contributed by atoms with E-state index in [-0.39, 0.29) is 50.2 Å². The van der Waals surface area contributed by atoms with Gasteiger partial charge in [-0.05, 0) is 24.2 Å². The number of ether oxygens (including phenoxy) is 4. The molecule has 4 fully saturated rings. The van der Waals surface area contributed by atoms with Crippen molar-refractivity contribution in [3.8, 4) is 0 Å². The molecular formula is C37H74O22. The number of methoxy groups -OCH3 is 1. The predicted molar refractivity (Wildman–Crippen MR) is 203 cm³/mol. The summed E-state index contributed by atoms with van der Waals surface area (Å²) in [4.78, 5) is 10.1. The summed E-state index contributed by atoms with van der Waals surface area (Å²) in [5.74, 6) is 0.265. The maximum Gasteiger partial charge on any atom is 0.186 e. The third-order valence-electron chi connectivity index (χ3n) is 11.4. The van der Waals surface area contributed by atoms with Crippen molar-refractivity contribution in [3.63, 3.8) is 0 Å². The second kappa shape index (κ2) is 29.2. The largest absolute Gasteiger partial charge is 0.394 e. The predicted octanol–water partition coefficient (Wildman–Crippen LogP) is -7.07. The van der Waals surface area contributed by atoms with Crippen LogP contribution in [0.1, 0.15) is 47.5 Å². The van der Waals surface area contributed by atoms with Crippen LogP contribution in [0, 0.1) is 29.6 Å². The Hall–Kier alpha value is -1.17. The minimum atomic E-state index is -1.67. The first kappa shape index (κ1) is 57.8. The Labute approximate surface area is 344 Å². The van der Waals surface area contributed by atoms with E-state index in [1.165, 1.54) is 14.0 Å². The molecule has 0 spiro atoms. The number of rotatable bonds is 13. The van der Waals surface area contributed by atoms with Gasteiger partial charge < -0.3 is 111 Å². The van der Waals surface area contributed by atoms with Crippen molar-refractivity contribution < 1.29 is 111 Å². The van der Waals surface area contributed by atoms with Gasteiger partial charge in [-0.25, -0.2) is 0 Å². The van der Waals surface area contributed by atoms with Gasteiger partial charge in [0.1, 0.15) is 73.4 Å². The molecule has 59 heavy (non-hydrogen) atoms. The van der Waals surface area contributed by atoms with Crippen LogP contribution in [-0.4, -0.2) is 244 Å². The van der Waals surface area contributed by atoms with Gasteiger partial charge in [0.2, 0.25) is 0 Å². The Bertz CT molecular complexity index is 1020. The average molecular weight is 871 g/mol. The lowest BCUT2D eigenvalue weighted by atomic mass is 9.70. The van der Waals surface area contributed by atoms with Crippen LogP contribution in [0.2, 0.25) is 0 Å². The number of carbonyl (C=O) groups excluding carboxylic acids is 1. The van der Waals surface area contributed by atoms with E-state index in [9.17, 15) is 25.2 Å². The molecule has 3 aliphatic heterocycles. The van der Waals surface area contributed by atoms with Crippen LogP contribution in [-0.2, 0) is 23.7 Å². The van der Waals surface area contributed by atoms with Crippen LogP contribution in [0.15, 0.2) is 0 Å². The Balaban J connectivity index is 0.000000714. The quantitative estimate of drug-likeness (QED) is 0.0765. The highest BCUT2D eigenvalue weighted by Gasteiger charge is 2.46. The maximum absolute atomic E-state index is 10.1. The summed E-state index contributed by atoms with van der Waals surface area (Å²) in [5.41, 5.74) is 0. The van der Waals surface area contributed by atoms with Gasteiger partial charge in [-0.15, -0.1) is 0 Å². The molecule has 22 atom stereocenters. The van der Waals surface area contributed by atoms with E-state index >= 15 is 0 Å². The summed E-state index contributed by atoms with van der Waals surface area (Å²) in [6.45, 7) is 7.79. The maximum atomic E-state index is 10.1. The number of hydrogen-bond donors (Lipinski definition) is 17. The fourth-order valence-corrected chi connectivity index (χ4v) is 6.68. The van der Waals surface area contributed by atoms with E-state index in [1.54, 1.807) is 6.92 Å². The second-order valence-electron chi connectivity index (χ2n) is 15.4. The van der Waals surface area contributed by atoms with Gasteiger partial charge in [-0.1, -0.05) is 41.0 Å². The van der Waals surface area contributed by atoms with Gasteiger partial charge in [0.15, 0.2) is 6.29 Å². The van der Waals surface area contributed by atoms with E-state index in [1.807, 2.05) is 6.92 Å². The van der Waals surface area contributed by atoms with Crippen LogP contribution in [0.5, 0.6) is 0 Å². The van der Waals surface area contributed by atoms with Crippen molar-refractivity contribution in [1.29, 1.82) is 0 Å². The number of aliphatic hydroxyl groups is 17. The summed E-state index contributed by atoms with van der Waals surface area (Å²) in [6.07, 6.45) is -14.2. The molecule has 0 bridgehead atoms. The molecule has 0 aromatic heterocycles. The van der Waals surface area contributed by atoms with Crippen molar-refractivity contribution in [2.75, 3.05) is 46.8 Å². The van der Waals surface area contributed by atoms with E-state index in [0.717, 1.165) is 12.8 Å². The molecule has 3 heterocycles. The number of aliphatic hydroxyl groups excluding tert-OH is 17. The smallest absolute Gasteiger partial charge is 0.186 e. The Morgan fingerprint density at radius 2 is 1.08 bits per heavy atom. The summed E-state index contributed by atoms with van der Waals surface area (Å²) >= 11 is 0. The van der Waals surface area contributed by atoms with E-state index < -0.39 is 117 Å². The standard InChI is InChI=1S/C10H20O2.C8H16O5.C7H14O5.C6H14O6.C6H10O4/c1-4-8-5-9(11)10(12)7(3)6(8)2;1-4-5(3-9)13-8(12-2)7(11)6(4)10;1-4(5(10)2-8)7(12)6(11)3-9;7-1-3(9)5(11)6(12)4(10)2-8;7-3-1-9-6-4(8)2-10-5(3)6/h6-12H,4-5H2,1-3H3;4-11H,3H2,1-2H3;2,4-7,9-12H,3H2,1H3;3-12H,1-2H2;3-8H,1-2H2/t;;;;3-,4-,5-,6-/m....1/s1. The zero-order valence-electron chi connectivity index (χ0n) is 34.6. The molecule has 22 heteroatoms. The molecular weight excluding hydrogens is 796 g/mol.